The Morgan fingerprint density at radius 3 is 2.25 bits per heavy atom. The second-order valence-corrected chi connectivity index (χ2v) is 6.17. The second-order valence-electron chi connectivity index (χ2n) is 6.17. The smallest absolute Gasteiger partial charge is 0.313 e. The number of carbonyl (C=O) groups excluding carboxylic acids is 1. The Hall–Kier alpha value is -0.570. The van der Waals surface area contributed by atoms with Gasteiger partial charge in [0.25, 0.3) is 0 Å². The van der Waals surface area contributed by atoms with Crippen molar-refractivity contribution in [1.29, 1.82) is 0 Å². The van der Waals surface area contributed by atoms with Gasteiger partial charge in [-0.2, -0.15) is 0 Å². The topological polar surface area (TPSA) is 52.3 Å². The van der Waals surface area contributed by atoms with E-state index in [9.17, 15) is 4.79 Å². The molecule has 1 aliphatic rings. The van der Waals surface area contributed by atoms with Crippen molar-refractivity contribution in [3.8, 4) is 0 Å². The van der Waals surface area contributed by atoms with Gasteiger partial charge in [0.2, 0.25) is 0 Å². The van der Waals surface area contributed by atoms with Gasteiger partial charge in [-0.05, 0) is 52.4 Å². The molecule has 1 saturated carbocycles. The summed E-state index contributed by atoms with van der Waals surface area (Å²) in [5.74, 6) is 0.608. The number of nitrogens with two attached hydrogens (primary N) is 1. The highest BCUT2D eigenvalue weighted by molar-refractivity contribution is 5.77. The molecule has 0 aromatic carbocycles. The molecule has 0 amide bonds. The molecular formula is C13H25NO2. The van der Waals surface area contributed by atoms with Crippen molar-refractivity contribution in [2.45, 2.75) is 59.0 Å². The van der Waals surface area contributed by atoms with Crippen LogP contribution in [0.1, 0.15) is 53.4 Å². The van der Waals surface area contributed by atoms with Crippen LogP contribution >= 0.6 is 0 Å². The van der Waals surface area contributed by atoms with Crippen LogP contribution in [0.3, 0.4) is 0 Å². The van der Waals surface area contributed by atoms with Crippen LogP contribution in [-0.4, -0.2) is 18.1 Å². The van der Waals surface area contributed by atoms with Gasteiger partial charge in [0.05, 0.1) is 5.41 Å². The first-order chi connectivity index (χ1) is 7.29. The van der Waals surface area contributed by atoms with E-state index in [2.05, 4.69) is 6.92 Å². The predicted octanol–water partition coefficient (Wildman–Crippen LogP) is 2.48. The average molecular weight is 227 g/mol. The molecule has 0 radical (unpaired) electrons. The molecule has 0 aliphatic heterocycles. The molecule has 2 N–H and O–H groups in total. The standard InChI is InChI=1S/C13H25NO2/c1-10-5-7-13(9-14,8-6-10)11(15)16-12(2,3)4/h10H,5-9,14H2,1-4H3. The number of carbonyl (C=O) groups is 1. The van der Waals surface area contributed by atoms with Gasteiger partial charge in [0.1, 0.15) is 5.60 Å². The average Bonchev–Trinajstić information content (AvgIpc) is 2.17. The third kappa shape index (κ3) is 3.21. The van der Waals surface area contributed by atoms with Crippen LogP contribution in [0.5, 0.6) is 0 Å². The monoisotopic (exact) mass is 227 g/mol. The zero-order valence-electron chi connectivity index (χ0n) is 11.0. The molecule has 0 heterocycles. The van der Waals surface area contributed by atoms with Crippen LogP contribution in [0.2, 0.25) is 0 Å². The first-order valence-corrected chi connectivity index (χ1v) is 6.23. The normalized spacial score (nSPS) is 31.2. The third-order valence-electron chi connectivity index (χ3n) is 3.45. The molecule has 0 aromatic rings. The summed E-state index contributed by atoms with van der Waals surface area (Å²) in [6.45, 7) is 8.35. The summed E-state index contributed by atoms with van der Waals surface area (Å²) < 4.78 is 5.49. The van der Waals surface area contributed by atoms with Crippen molar-refractivity contribution in [3.05, 3.63) is 0 Å². The van der Waals surface area contributed by atoms with Crippen LogP contribution < -0.4 is 5.73 Å². The van der Waals surface area contributed by atoms with Crippen LogP contribution in [0.15, 0.2) is 0 Å². The highest BCUT2D eigenvalue weighted by Gasteiger charge is 2.42. The van der Waals surface area contributed by atoms with Crippen LogP contribution in [0, 0.1) is 11.3 Å². The Kier molecular flexibility index (Phi) is 4.00. The summed E-state index contributed by atoms with van der Waals surface area (Å²) in [5, 5.41) is 0. The van der Waals surface area contributed by atoms with Gasteiger partial charge in [0.15, 0.2) is 0 Å². The van der Waals surface area contributed by atoms with Gasteiger partial charge in [-0.25, -0.2) is 0 Å². The molecule has 16 heavy (non-hydrogen) atoms. The number of rotatable bonds is 2. The molecular weight excluding hydrogens is 202 g/mol. The Bertz CT molecular complexity index is 247. The maximum absolute atomic E-state index is 12.2. The molecule has 3 heteroatoms. The number of hydrogen-bond acceptors (Lipinski definition) is 3. The zero-order valence-corrected chi connectivity index (χ0v) is 11.0. The number of hydrogen-bond donors (Lipinski definition) is 1. The molecule has 1 rings (SSSR count). The van der Waals surface area contributed by atoms with Gasteiger partial charge in [-0.3, -0.25) is 4.79 Å². The highest BCUT2D eigenvalue weighted by Crippen LogP contribution is 2.39. The first kappa shape index (κ1) is 13.5. The largest absolute Gasteiger partial charge is 0.460 e. The lowest BCUT2D eigenvalue weighted by atomic mass is 9.71. The van der Waals surface area contributed by atoms with E-state index in [0.29, 0.717) is 12.5 Å². The van der Waals surface area contributed by atoms with Crippen molar-refractivity contribution in [3.63, 3.8) is 0 Å². The first-order valence-electron chi connectivity index (χ1n) is 6.23. The van der Waals surface area contributed by atoms with Crippen molar-refractivity contribution in [1.82, 2.24) is 0 Å². The minimum atomic E-state index is -0.417. The molecule has 0 spiro atoms. The summed E-state index contributed by atoms with van der Waals surface area (Å²) in [6, 6.07) is 0. The summed E-state index contributed by atoms with van der Waals surface area (Å²) in [4.78, 5) is 12.2. The van der Waals surface area contributed by atoms with Gasteiger partial charge in [0, 0.05) is 6.54 Å². The summed E-state index contributed by atoms with van der Waals surface area (Å²) in [7, 11) is 0. The third-order valence-corrected chi connectivity index (χ3v) is 3.45. The molecule has 1 aliphatic carbocycles. The van der Waals surface area contributed by atoms with E-state index < -0.39 is 11.0 Å². The van der Waals surface area contributed by atoms with E-state index in [4.69, 9.17) is 10.5 Å². The second kappa shape index (κ2) is 4.74. The summed E-state index contributed by atoms with van der Waals surface area (Å²) in [5.41, 5.74) is 4.97. The van der Waals surface area contributed by atoms with E-state index in [1.54, 1.807) is 0 Å². The Labute approximate surface area is 98.7 Å². The van der Waals surface area contributed by atoms with Gasteiger partial charge in [-0.15, -0.1) is 0 Å². The molecule has 3 nitrogen and oxygen atoms in total. The fourth-order valence-electron chi connectivity index (χ4n) is 2.19. The zero-order chi connectivity index (χ0) is 12.4. The summed E-state index contributed by atoms with van der Waals surface area (Å²) in [6.07, 6.45) is 3.91. The molecule has 94 valence electrons. The number of ether oxygens (including phenoxy) is 1. The van der Waals surface area contributed by atoms with Crippen LogP contribution in [0.25, 0.3) is 0 Å². The molecule has 0 unspecified atom stereocenters. The van der Waals surface area contributed by atoms with Crippen molar-refractivity contribution < 1.29 is 9.53 Å². The predicted molar refractivity (Wildman–Crippen MR) is 65.0 cm³/mol. The fraction of sp³-hybridized carbons (Fsp3) is 0.923. The van der Waals surface area contributed by atoms with Crippen molar-refractivity contribution in [2.24, 2.45) is 17.1 Å². The van der Waals surface area contributed by atoms with Gasteiger partial charge in [-0.1, -0.05) is 6.92 Å². The molecule has 1 fully saturated rings. The van der Waals surface area contributed by atoms with E-state index in [-0.39, 0.29) is 5.97 Å². The maximum Gasteiger partial charge on any atom is 0.313 e. The SMILES string of the molecule is CC1CCC(CN)(C(=O)OC(C)(C)C)CC1. The van der Waals surface area contributed by atoms with Crippen LogP contribution in [0.4, 0.5) is 0 Å². The van der Waals surface area contributed by atoms with Crippen molar-refractivity contribution in [2.75, 3.05) is 6.54 Å². The quantitative estimate of drug-likeness (QED) is 0.737. The molecule has 0 bridgehead atoms. The molecule has 0 saturated heterocycles. The van der Waals surface area contributed by atoms with E-state index in [0.717, 1.165) is 25.7 Å². The lowest BCUT2D eigenvalue weighted by molar-refractivity contribution is -0.169. The van der Waals surface area contributed by atoms with Crippen LogP contribution in [-0.2, 0) is 9.53 Å². The van der Waals surface area contributed by atoms with Gasteiger partial charge < -0.3 is 10.5 Å². The molecule has 0 atom stereocenters. The lowest BCUT2D eigenvalue weighted by Gasteiger charge is -2.38. The Morgan fingerprint density at radius 2 is 1.88 bits per heavy atom. The fourth-order valence-corrected chi connectivity index (χ4v) is 2.19. The van der Waals surface area contributed by atoms with E-state index in [1.807, 2.05) is 20.8 Å². The summed E-state index contributed by atoms with van der Waals surface area (Å²) >= 11 is 0. The number of esters is 1. The Balaban J connectivity index is 2.69. The van der Waals surface area contributed by atoms with Gasteiger partial charge >= 0.3 is 5.97 Å². The van der Waals surface area contributed by atoms with E-state index in [1.165, 1.54) is 0 Å². The maximum atomic E-state index is 12.2. The highest BCUT2D eigenvalue weighted by atomic mass is 16.6. The van der Waals surface area contributed by atoms with E-state index >= 15 is 0 Å². The molecule has 0 aromatic heterocycles. The minimum Gasteiger partial charge on any atom is -0.460 e. The van der Waals surface area contributed by atoms with Crippen molar-refractivity contribution >= 4 is 5.97 Å². The Morgan fingerprint density at radius 1 is 1.38 bits per heavy atom. The minimum absolute atomic E-state index is 0.102. The lowest BCUT2D eigenvalue weighted by Crippen LogP contribution is -2.45.